The predicted octanol–water partition coefficient (Wildman–Crippen LogP) is 2.01. The van der Waals surface area contributed by atoms with Crippen LogP contribution in [-0.4, -0.2) is 43.9 Å². The van der Waals surface area contributed by atoms with E-state index in [2.05, 4.69) is 25.6 Å². The zero-order valence-electron chi connectivity index (χ0n) is 19.4. The lowest BCUT2D eigenvalue weighted by atomic mass is 10.0. The molecule has 1 aromatic heterocycles. The van der Waals surface area contributed by atoms with E-state index in [9.17, 15) is 28.7 Å². The number of aromatic amines is 2. The summed E-state index contributed by atoms with van der Waals surface area (Å²) in [6.07, 6.45) is -0.189. The van der Waals surface area contributed by atoms with Gasteiger partial charge in [-0.1, -0.05) is 23.9 Å². The largest absolute Gasteiger partial charge is 0.494 e. The summed E-state index contributed by atoms with van der Waals surface area (Å²) in [5.41, 5.74) is -1.12. The van der Waals surface area contributed by atoms with Crippen molar-refractivity contribution in [2.45, 2.75) is 24.6 Å². The van der Waals surface area contributed by atoms with Crippen molar-refractivity contribution < 1.29 is 23.8 Å². The Bertz CT molecular complexity index is 1450. The Labute approximate surface area is 213 Å². The van der Waals surface area contributed by atoms with Crippen LogP contribution in [0.25, 0.3) is 0 Å². The van der Waals surface area contributed by atoms with Crippen LogP contribution in [0.4, 0.5) is 10.1 Å². The Morgan fingerprint density at radius 1 is 1.14 bits per heavy atom. The molecule has 1 saturated heterocycles. The first kappa shape index (κ1) is 25.7. The highest BCUT2D eigenvalue weighted by Gasteiger charge is 2.33. The number of hydrogen-bond acceptors (Lipinski definition) is 8. The number of aliphatic imine (C=N–C) groups is 1. The maximum absolute atomic E-state index is 13.1. The number of halogens is 1. The lowest BCUT2D eigenvalue weighted by Gasteiger charge is -2.15. The van der Waals surface area contributed by atoms with Gasteiger partial charge in [0.25, 0.3) is 5.56 Å². The number of ether oxygens (including phenoxy) is 1. The summed E-state index contributed by atoms with van der Waals surface area (Å²) >= 11 is 0.982. The second-order valence-electron chi connectivity index (χ2n) is 7.86. The molecule has 1 fully saturated rings. The van der Waals surface area contributed by atoms with Crippen molar-refractivity contribution >= 4 is 34.4 Å². The van der Waals surface area contributed by atoms with E-state index in [1.54, 1.807) is 24.3 Å². The van der Waals surface area contributed by atoms with Gasteiger partial charge in [0.15, 0.2) is 5.17 Å². The van der Waals surface area contributed by atoms with Crippen LogP contribution in [0, 0.1) is 5.82 Å². The van der Waals surface area contributed by atoms with Crippen LogP contribution >= 0.6 is 11.8 Å². The average molecular weight is 528 g/mol. The van der Waals surface area contributed by atoms with Crippen molar-refractivity contribution in [3.05, 3.63) is 86.3 Å². The molecule has 11 nitrogen and oxygen atoms in total. The van der Waals surface area contributed by atoms with Gasteiger partial charge >= 0.3 is 5.69 Å². The summed E-state index contributed by atoms with van der Waals surface area (Å²) in [5, 5.41) is 14.8. The smallest absolute Gasteiger partial charge is 0.328 e. The number of anilines is 1. The number of carbonyl (C=O) groups is 2. The summed E-state index contributed by atoms with van der Waals surface area (Å²) in [5.74, 6) is -1.46. The number of amides is 2. The summed E-state index contributed by atoms with van der Waals surface area (Å²) in [6, 6.07) is 10.7. The van der Waals surface area contributed by atoms with Crippen molar-refractivity contribution in [1.82, 2.24) is 15.3 Å². The first-order chi connectivity index (χ1) is 17.7. The van der Waals surface area contributed by atoms with Gasteiger partial charge in [0.05, 0.1) is 6.61 Å². The van der Waals surface area contributed by atoms with Crippen LogP contribution in [0.3, 0.4) is 0 Å². The van der Waals surface area contributed by atoms with Crippen LogP contribution in [-0.2, 0) is 9.59 Å². The molecule has 0 radical (unpaired) electrons. The normalized spacial score (nSPS) is 16.9. The SMILES string of the molecule is CCOc1ccc([C@H](N=C2NC(=O)[C@@H](CC(=O)Nc3ccc(F)cc3)S2)c2c(O)[nH]c(=O)[nH]c2=O)cc1. The zero-order valence-corrected chi connectivity index (χ0v) is 20.2. The van der Waals surface area contributed by atoms with Gasteiger partial charge in [-0.3, -0.25) is 24.4 Å². The van der Waals surface area contributed by atoms with Gasteiger partial charge in [-0.2, -0.15) is 0 Å². The topological polar surface area (TPSA) is 166 Å². The third kappa shape index (κ3) is 6.25. The molecule has 1 aliphatic heterocycles. The molecule has 0 spiro atoms. The van der Waals surface area contributed by atoms with Crippen molar-refractivity contribution in [2.24, 2.45) is 4.99 Å². The number of nitrogens with zero attached hydrogens (tertiary/aromatic N) is 1. The number of thioether (sulfide) groups is 1. The van der Waals surface area contributed by atoms with Gasteiger partial charge in [-0.25, -0.2) is 14.2 Å². The Morgan fingerprint density at radius 2 is 1.84 bits per heavy atom. The summed E-state index contributed by atoms with van der Waals surface area (Å²) < 4.78 is 18.5. The molecule has 2 atom stereocenters. The molecular formula is C24H22FN5O6S. The molecular weight excluding hydrogens is 505 g/mol. The summed E-state index contributed by atoms with van der Waals surface area (Å²) in [7, 11) is 0. The molecule has 2 aromatic carbocycles. The molecule has 37 heavy (non-hydrogen) atoms. The number of carbonyl (C=O) groups excluding carboxylic acids is 2. The molecule has 3 aromatic rings. The summed E-state index contributed by atoms with van der Waals surface area (Å²) in [4.78, 5) is 57.8. The minimum absolute atomic E-state index is 0.119. The maximum Gasteiger partial charge on any atom is 0.328 e. The van der Waals surface area contributed by atoms with Gasteiger partial charge in [-0.15, -0.1) is 0 Å². The number of aromatic hydroxyl groups is 1. The Morgan fingerprint density at radius 3 is 2.49 bits per heavy atom. The standard InChI is InChI=1S/C24H22FN5O6S/c1-2-36-15-9-3-12(4-10-15)19(18-21(33)28-23(35)29-22(18)34)27-24-30-20(32)16(37-24)11-17(31)26-14-7-5-13(25)6-8-14/h3-10,16,19H,2,11H2,1H3,(H,26,31)(H,27,30,32)(H3,28,29,33,34,35)/t16-,19+/m1/s1. The Balaban J connectivity index is 1.59. The number of H-pyrrole nitrogens is 2. The van der Waals surface area contributed by atoms with Gasteiger partial charge in [-0.05, 0) is 48.9 Å². The number of rotatable bonds is 8. The highest BCUT2D eigenvalue weighted by atomic mass is 32.2. The van der Waals surface area contributed by atoms with Crippen molar-refractivity contribution in [3.63, 3.8) is 0 Å². The molecule has 1 aliphatic rings. The van der Waals surface area contributed by atoms with Gasteiger partial charge < -0.3 is 20.5 Å². The lowest BCUT2D eigenvalue weighted by molar-refractivity contribution is -0.122. The average Bonchev–Trinajstić information content (AvgIpc) is 3.18. The van der Waals surface area contributed by atoms with Crippen LogP contribution < -0.4 is 26.6 Å². The number of nitrogens with one attached hydrogen (secondary N) is 4. The molecule has 192 valence electrons. The molecule has 0 saturated carbocycles. The van der Waals surface area contributed by atoms with Crippen molar-refractivity contribution in [1.29, 1.82) is 0 Å². The van der Waals surface area contributed by atoms with E-state index in [0.717, 1.165) is 11.8 Å². The van der Waals surface area contributed by atoms with E-state index in [-0.39, 0.29) is 17.2 Å². The number of hydrogen-bond donors (Lipinski definition) is 5. The van der Waals surface area contributed by atoms with E-state index in [1.807, 2.05) is 6.92 Å². The second-order valence-corrected chi connectivity index (χ2v) is 9.06. The highest BCUT2D eigenvalue weighted by Crippen LogP contribution is 2.32. The molecule has 0 aliphatic carbocycles. The molecule has 2 heterocycles. The van der Waals surface area contributed by atoms with E-state index < -0.39 is 46.1 Å². The minimum Gasteiger partial charge on any atom is -0.494 e. The van der Waals surface area contributed by atoms with Crippen LogP contribution in [0.1, 0.15) is 30.5 Å². The second kappa shape index (κ2) is 11.1. The molecule has 13 heteroatoms. The van der Waals surface area contributed by atoms with E-state index >= 15 is 0 Å². The molecule has 0 bridgehead atoms. The van der Waals surface area contributed by atoms with Crippen molar-refractivity contribution in [3.8, 4) is 11.6 Å². The fourth-order valence-corrected chi connectivity index (χ4v) is 4.58. The lowest BCUT2D eigenvalue weighted by Crippen LogP contribution is -2.29. The number of benzene rings is 2. The van der Waals surface area contributed by atoms with Crippen molar-refractivity contribution in [2.75, 3.05) is 11.9 Å². The summed E-state index contributed by atoms with van der Waals surface area (Å²) in [6.45, 7) is 2.28. The molecule has 0 unspecified atom stereocenters. The van der Waals surface area contributed by atoms with Crippen LogP contribution in [0.2, 0.25) is 0 Å². The Hall–Kier alpha value is -4.39. The molecule has 5 N–H and O–H groups in total. The number of amidine groups is 1. The maximum atomic E-state index is 13.1. The number of aromatic nitrogens is 2. The minimum atomic E-state index is -1.11. The Kier molecular flexibility index (Phi) is 7.72. The zero-order chi connectivity index (χ0) is 26.5. The third-order valence-corrected chi connectivity index (χ3v) is 6.36. The van der Waals surface area contributed by atoms with Gasteiger partial charge in [0.1, 0.15) is 28.4 Å². The monoisotopic (exact) mass is 527 g/mol. The van der Waals surface area contributed by atoms with E-state index in [0.29, 0.717) is 23.6 Å². The third-order valence-electron chi connectivity index (χ3n) is 5.26. The fraction of sp³-hybridized carbons (Fsp3) is 0.208. The first-order valence-corrected chi connectivity index (χ1v) is 12.0. The fourth-order valence-electron chi connectivity index (χ4n) is 3.59. The first-order valence-electron chi connectivity index (χ1n) is 11.1. The van der Waals surface area contributed by atoms with Gasteiger partial charge in [0.2, 0.25) is 17.7 Å². The molecule has 2 amide bonds. The van der Waals surface area contributed by atoms with Crippen LogP contribution in [0.15, 0.2) is 63.1 Å². The van der Waals surface area contributed by atoms with E-state index in [1.165, 1.54) is 24.3 Å². The highest BCUT2D eigenvalue weighted by molar-refractivity contribution is 8.15. The quantitative estimate of drug-likeness (QED) is 0.299. The predicted molar refractivity (Wildman–Crippen MR) is 135 cm³/mol. The molecule has 4 rings (SSSR count). The van der Waals surface area contributed by atoms with Crippen LogP contribution in [0.5, 0.6) is 11.6 Å². The van der Waals surface area contributed by atoms with E-state index in [4.69, 9.17) is 4.74 Å². The van der Waals surface area contributed by atoms with Gasteiger partial charge in [0, 0.05) is 12.1 Å².